The lowest BCUT2D eigenvalue weighted by molar-refractivity contribution is 0.0993. The van der Waals surface area contributed by atoms with E-state index in [1.165, 1.54) is 35.1 Å². The predicted molar refractivity (Wildman–Crippen MR) is 167 cm³/mol. The van der Waals surface area contributed by atoms with Crippen molar-refractivity contribution in [2.45, 2.75) is 71.3 Å². The number of benzene rings is 4. The van der Waals surface area contributed by atoms with E-state index in [1.807, 2.05) is 78.9 Å². The molecule has 1 aliphatic rings. The molecule has 2 heteroatoms. The molecule has 0 fully saturated rings. The molecular weight excluding hydrogens is 488 g/mol. The van der Waals surface area contributed by atoms with Crippen LogP contribution in [0.25, 0.3) is 11.6 Å². The average Bonchev–Trinajstić information content (AvgIpc) is 2.96. The van der Waals surface area contributed by atoms with Gasteiger partial charge >= 0.3 is 0 Å². The summed E-state index contributed by atoms with van der Waals surface area (Å²) in [6.07, 6.45) is 5.02. The Kier molecular flexibility index (Phi) is 7.81. The number of carbonyl (C=O) groups is 1. The highest BCUT2D eigenvalue weighted by molar-refractivity contribution is 5.97. The highest BCUT2D eigenvalue weighted by Crippen LogP contribution is 2.46. The number of rotatable bonds is 8. The molecule has 5 rings (SSSR count). The molecule has 0 heterocycles. The van der Waals surface area contributed by atoms with Crippen molar-refractivity contribution < 1.29 is 9.53 Å². The molecule has 0 aromatic heterocycles. The maximum absolute atomic E-state index is 13.0. The fourth-order valence-electron chi connectivity index (χ4n) is 5.66. The minimum absolute atomic E-state index is 0.115. The summed E-state index contributed by atoms with van der Waals surface area (Å²) < 4.78 is 5.87. The van der Waals surface area contributed by atoms with Crippen LogP contribution < -0.4 is 4.74 Å². The summed E-state index contributed by atoms with van der Waals surface area (Å²) >= 11 is 0. The first-order valence-corrected chi connectivity index (χ1v) is 14.3. The largest absolute Gasteiger partial charge is 0.489 e. The third-order valence-corrected chi connectivity index (χ3v) is 8.46. The van der Waals surface area contributed by atoms with Crippen LogP contribution in [0.15, 0.2) is 97.1 Å². The van der Waals surface area contributed by atoms with Gasteiger partial charge < -0.3 is 4.74 Å². The van der Waals surface area contributed by atoms with Crippen LogP contribution in [0, 0.1) is 0 Å². The first kappa shape index (κ1) is 27.6. The highest BCUT2D eigenvalue weighted by atomic mass is 16.5. The fourth-order valence-corrected chi connectivity index (χ4v) is 5.66. The molecule has 0 unspecified atom stereocenters. The highest BCUT2D eigenvalue weighted by Gasteiger charge is 2.36. The van der Waals surface area contributed by atoms with Gasteiger partial charge in [-0.1, -0.05) is 119 Å². The second-order valence-electron chi connectivity index (χ2n) is 12.5. The van der Waals surface area contributed by atoms with Gasteiger partial charge in [-0.15, -0.1) is 0 Å². The van der Waals surface area contributed by atoms with Crippen molar-refractivity contribution in [3.63, 3.8) is 0 Å². The lowest BCUT2D eigenvalue weighted by Gasteiger charge is -2.42. The molecule has 0 spiro atoms. The SMILES string of the molecule is C/C(=C\c1ccc(C(=O)Cc2ccc(OCc3ccccc3)cc2)cc1)c1ccc2c(c1)C(C)(C)CCC2(C)C. The van der Waals surface area contributed by atoms with Crippen molar-refractivity contribution in [2.24, 2.45) is 0 Å². The summed E-state index contributed by atoms with van der Waals surface area (Å²) in [6.45, 7) is 12.2. The minimum Gasteiger partial charge on any atom is -0.489 e. The molecular formula is C38H40O2. The van der Waals surface area contributed by atoms with E-state index in [4.69, 9.17) is 4.74 Å². The minimum atomic E-state index is 0.115. The Balaban J connectivity index is 1.23. The number of allylic oxidation sites excluding steroid dienone is 1. The molecule has 0 N–H and O–H groups in total. The Morgan fingerprint density at radius 1 is 0.725 bits per heavy atom. The molecule has 4 aromatic rings. The maximum atomic E-state index is 13.0. The normalized spacial score (nSPS) is 15.8. The molecule has 4 aromatic carbocycles. The van der Waals surface area contributed by atoms with Crippen molar-refractivity contribution >= 4 is 17.4 Å². The Labute approximate surface area is 239 Å². The number of fused-ring (bicyclic) bond motifs is 1. The van der Waals surface area contributed by atoms with Gasteiger partial charge in [-0.3, -0.25) is 4.79 Å². The molecule has 1 aliphatic carbocycles. The zero-order valence-corrected chi connectivity index (χ0v) is 24.5. The van der Waals surface area contributed by atoms with Crippen molar-refractivity contribution in [2.75, 3.05) is 0 Å². The first-order valence-electron chi connectivity index (χ1n) is 14.3. The van der Waals surface area contributed by atoms with E-state index in [1.54, 1.807) is 0 Å². The van der Waals surface area contributed by atoms with Gasteiger partial charge in [0, 0.05) is 12.0 Å². The van der Waals surface area contributed by atoms with Gasteiger partial charge in [-0.25, -0.2) is 0 Å². The topological polar surface area (TPSA) is 26.3 Å². The molecule has 40 heavy (non-hydrogen) atoms. The second kappa shape index (κ2) is 11.3. The van der Waals surface area contributed by atoms with Gasteiger partial charge in [-0.2, -0.15) is 0 Å². The van der Waals surface area contributed by atoms with E-state index in [-0.39, 0.29) is 16.6 Å². The number of ketones is 1. The summed E-state index contributed by atoms with van der Waals surface area (Å²) in [4.78, 5) is 13.0. The van der Waals surface area contributed by atoms with Crippen molar-refractivity contribution in [1.82, 2.24) is 0 Å². The Morgan fingerprint density at radius 2 is 1.35 bits per heavy atom. The summed E-state index contributed by atoms with van der Waals surface area (Å²) in [7, 11) is 0. The van der Waals surface area contributed by atoms with Crippen molar-refractivity contribution in [1.29, 1.82) is 0 Å². The molecule has 0 bridgehead atoms. The van der Waals surface area contributed by atoms with E-state index in [2.05, 4.69) is 58.9 Å². The van der Waals surface area contributed by atoms with E-state index in [0.717, 1.165) is 28.0 Å². The van der Waals surface area contributed by atoms with Gasteiger partial charge in [0.15, 0.2) is 5.78 Å². The first-order chi connectivity index (χ1) is 19.1. The van der Waals surface area contributed by atoms with E-state index in [9.17, 15) is 4.79 Å². The van der Waals surface area contributed by atoms with Crippen molar-refractivity contribution in [3.05, 3.63) is 136 Å². The molecule has 0 radical (unpaired) electrons. The summed E-state index contributed by atoms with van der Waals surface area (Å²) in [5, 5.41) is 0. The van der Waals surface area contributed by atoms with Crippen LogP contribution in [0.1, 0.15) is 91.2 Å². The lowest BCUT2D eigenvalue weighted by atomic mass is 9.63. The van der Waals surface area contributed by atoms with Crippen LogP contribution in [0.4, 0.5) is 0 Å². The number of hydrogen-bond acceptors (Lipinski definition) is 2. The van der Waals surface area contributed by atoms with Crippen LogP contribution in [0.2, 0.25) is 0 Å². The monoisotopic (exact) mass is 528 g/mol. The predicted octanol–water partition coefficient (Wildman–Crippen LogP) is 9.60. The second-order valence-corrected chi connectivity index (χ2v) is 12.5. The van der Waals surface area contributed by atoms with E-state index in [0.29, 0.717) is 13.0 Å². The van der Waals surface area contributed by atoms with Gasteiger partial charge in [0.25, 0.3) is 0 Å². The summed E-state index contributed by atoms with van der Waals surface area (Å²) in [5.41, 5.74) is 9.82. The van der Waals surface area contributed by atoms with Crippen LogP contribution >= 0.6 is 0 Å². The van der Waals surface area contributed by atoms with Crippen LogP contribution in [0.5, 0.6) is 5.75 Å². The Bertz CT molecular complexity index is 1500. The van der Waals surface area contributed by atoms with Gasteiger partial charge in [0.1, 0.15) is 12.4 Å². The zero-order valence-electron chi connectivity index (χ0n) is 24.5. The van der Waals surface area contributed by atoms with Crippen LogP contribution in [0.3, 0.4) is 0 Å². The molecule has 0 amide bonds. The smallest absolute Gasteiger partial charge is 0.167 e. The molecule has 0 aliphatic heterocycles. The molecule has 0 saturated carbocycles. The number of Topliss-reactive ketones (excluding diaryl/α,β-unsaturated/α-hetero) is 1. The molecule has 204 valence electrons. The third kappa shape index (κ3) is 6.28. The van der Waals surface area contributed by atoms with E-state index < -0.39 is 0 Å². The maximum Gasteiger partial charge on any atom is 0.167 e. The quantitative estimate of drug-likeness (QED) is 0.168. The zero-order chi connectivity index (χ0) is 28.3. The van der Waals surface area contributed by atoms with Gasteiger partial charge in [0.05, 0.1) is 0 Å². The fraction of sp³-hybridized carbons (Fsp3) is 0.289. The summed E-state index contributed by atoms with van der Waals surface area (Å²) in [5.74, 6) is 0.919. The van der Waals surface area contributed by atoms with E-state index >= 15 is 0 Å². The van der Waals surface area contributed by atoms with Crippen LogP contribution in [-0.4, -0.2) is 5.78 Å². The standard InChI is InChI=1S/C38H40O2/c1-27(32-17-20-34-35(25-32)38(4,5)22-21-37(34,2)3)23-28-11-15-31(16-12-28)36(39)24-29-13-18-33(19-14-29)40-26-30-9-7-6-8-10-30/h6-20,23,25H,21-22,24,26H2,1-5H3/b27-23+. The number of hydrogen-bond donors (Lipinski definition) is 0. The molecule has 0 atom stereocenters. The molecule has 2 nitrogen and oxygen atoms in total. The van der Waals surface area contributed by atoms with Gasteiger partial charge in [-0.05, 0) is 81.7 Å². The summed E-state index contributed by atoms with van der Waals surface area (Å²) in [6, 6.07) is 32.9. The Morgan fingerprint density at radius 3 is 2.02 bits per heavy atom. The number of carbonyl (C=O) groups excluding carboxylic acids is 1. The lowest BCUT2D eigenvalue weighted by Crippen LogP contribution is -2.33. The van der Waals surface area contributed by atoms with Crippen molar-refractivity contribution in [3.8, 4) is 5.75 Å². The van der Waals surface area contributed by atoms with Gasteiger partial charge in [0.2, 0.25) is 0 Å². The molecule has 0 saturated heterocycles. The third-order valence-electron chi connectivity index (χ3n) is 8.46. The number of ether oxygens (including phenoxy) is 1. The Hall–Kier alpha value is -3.91. The van der Waals surface area contributed by atoms with Crippen LogP contribution in [-0.2, 0) is 23.9 Å². The average molecular weight is 529 g/mol.